The summed E-state index contributed by atoms with van der Waals surface area (Å²) in [6.45, 7) is 0.507. The highest BCUT2D eigenvalue weighted by atomic mass is 19.1. The molecule has 3 aromatic rings. The quantitative estimate of drug-likeness (QED) is 0.770. The predicted octanol–water partition coefficient (Wildman–Crippen LogP) is 3.39. The van der Waals surface area contributed by atoms with E-state index in [1.54, 1.807) is 4.90 Å². The summed E-state index contributed by atoms with van der Waals surface area (Å²) in [5.74, 6) is -1.73. The molecule has 1 aromatic heterocycles. The maximum Gasteiger partial charge on any atom is 0.335 e. The molecule has 4 rings (SSSR count). The van der Waals surface area contributed by atoms with E-state index in [1.165, 1.54) is 12.1 Å². The van der Waals surface area contributed by atoms with Crippen molar-refractivity contribution in [1.29, 1.82) is 0 Å². The molecule has 0 radical (unpaired) electrons. The number of carbonyl (C=O) groups excluding carboxylic acids is 1. The lowest BCUT2D eigenvalue weighted by Gasteiger charge is -2.24. The van der Waals surface area contributed by atoms with Gasteiger partial charge in [-0.15, -0.1) is 0 Å². The minimum atomic E-state index is -1.23. The maximum atomic E-state index is 14.4. The fourth-order valence-electron chi connectivity index (χ4n) is 3.72. The molecule has 2 aromatic carbocycles. The van der Waals surface area contributed by atoms with Gasteiger partial charge in [-0.25, -0.2) is 14.2 Å². The van der Waals surface area contributed by atoms with Gasteiger partial charge < -0.3 is 14.6 Å². The largest absolute Gasteiger partial charge is 0.478 e. The Labute approximate surface area is 154 Å². The minimum Gasteiger partial charge on any atom is -0.478 e. The van der Waals surface area contributed by atoms with Gasteiger partial charge in [0.25, 0.3) is 5.91 Å². The van der Waals surface area contributed by atoms with Crippen molar-refractivity contribution in [3.05, 3.63) is 65.2 Å². The monoisotopic (exact) mass is 367 g/mol. The fourth-order valence-corrected chi connectivity index (χ4v) is 3.72. The molecular formula is C20H18FN3O3. The summed E-state index contributed by atoms with van der Waals surface area (Å²) in [4.78, 5) is 30.2. The lowest BCUT2D eigenvalue weighted by Crippen LogP contribution is -2.32. The Morgan fingerprint density at radius 1 is 1.22 bits per heavy atom. The Balaban J connectivity index is 1.69. The van der Waals surface area contributed by atoms with Crippen LogP contribution < -0.4 is 0 Å². The van der Waals surface area contributed by atoms with Crippen LogP contribution in [0.15, 0.2) is 42.5 Å². The van der Waals surface area contributed by atoms with Crippen LogP contribution in [-0.4, -0.2) is 38.0 Å². The number of aryl methyl sites for hydroxylation is 1. The first-order valence-electron chi connectivity index (χ1n) is 8.72. The standard InChI is InChI=1S/C20H18FN3O3/c1-23-16-6-3-2-5-15(16)22-18(23)17-7-4-10-24(17)19(25)13-9-8-12(20(26)27)11-14(13)21/h2-3,5-6,8-9,11,17H,4,7,10H2,1H3,(H,26,27). The SMILES string of the molecule is Cn1c(C2CCCN2C(=O)c2ccc(C(=O)O)cc2F)nc2ccccc21. The zero-order valence-corrected chi connectivity index (χ0v) is 14.7. The Morgan fingerprint density at radius 3 is 2.70 bits per heavy atom. The van der Waals surface area contributed by atoms with Gasteiger partial charge in [-0.05, 0) is 43.2 Å². The predicted molar refractivity (Wildman–Crippen MR) is 97.1 cm³/mol. The highest BCUT2D eigenvalue weighted by Gasteiger charge is 2.34. The Hall–Kier alpha value is -3.22. The first kappa shape index (κ1) is 17.2. The molecule has 0 saturated carbocycles. The van der Waals surface area contributed by atoms with Gasteiger partial charge in [0.2, 0.25) is 0 Å². The summed E-state index contributed by atoms with van der Waals surface area (Å²) in [6, 6.07) is 10.9. The number of benzene rings is 2. The second-order valence-electron chi connectivity index (χ2n) is 6.67. The van der Waals surface area contributed by atoms with E-state index < -0.39 is 17.7 Å². The number of hydrogen-bond acceptors (Lipinski definition) is 3. The molecule has 1 saturated heterocycles. The first-order valence-corrected chi connectivity index (χ1v) is 8.72. The lowest BCUT2D eigenvalue weighted by molar-refractivity contribution is 0.0689. The molecule has 1 aliphatic heterocycles. The van der Waals surface area contributed by atoms with Gasteiger partial charge in [-0.1, -0.05) is 12.1 Å². The Kier molecular flexibility index (Phi) is 4.14. The van der Waals surface area contributed by atoms with Crippen LogP contribution in [-0.2, 0) is 7.05 Å². The summed E-state index contributed by atoms with van der Waals surface area (Å²) in [6.07, 6.45) is 1.55. The van der Waals surface area contributed by atoms with Crippen molar-refractivity contribution in [3.8, 4) is 0 Å². The molecule has 7 heteroatoms. The number of fused-ring (bicyclic) bond motifs is 1. The molecule has 1 atom stereocenters. The Bertz CT molecular complexity index is 1060. The molecule has 0 spiro atoms. The van der Waals surface area contributed by atoms with Crippen molar-refractivity contribution in [2.75, 3.05) is 6.54 Å². The molecular weight excluding hydrogens is 349 g/mol. The number of para-hydroxylation sites is 2. The number of carboxylic acids is 1. The summed E-state index contributed by atoms with van der Waals surface area (Å²) >= 11 is 0. The van der Waals surface area contributed by atoms with Crippen molar-refractivity contribution < 1.29 is 19.1 Å². The number of rotatable bonds is 3. The van der Waals surface area contributed by atoms with Gasteiger partial charge in [0.05, 0.1) is 28.2 Å². The average Bonchev–Trinajstić information content (AvgIpc) is 3.26. The number of halogens is 1. The number of amides is 1. The van der Waals surface area contributed by atoms with Gasteiger partial charge in [0.1, 0.15) is 11.6 Å². The summed E-state index contributed by atoms with van der Waals surface area (Å²) in [7, 11) is 1.91. The van der Waals surface area contributed by atoms with Crippen molar-refractivity contribution >= 4 is 22.9 Å². The molecule has 27 heavy (non-hydrogen) atoms. The highest BCUT2D eigenvalue weighted by molar-refractivity contribution is 5.96. The minimum absolute atomic E-state index is 0.120. The zero-order valence-electron chi connectivity index (χ0n) is 14.7. The van der Waals surface area contributed by atoms with Crippen LogP contribution in [0.2, 0.25) is 0 Å². The summed E-state index contributed by atoms with van der Waals surface area (Å²) < 4.78 is 16.3. The fraction of sp³-hybridized carbons (Fsp3) is 0.250. The van der Waals surface area contributed by atoms with Crippen LogP contribution in [0.1, 0.15) is 45.4 Å². The molecule has 2 heterocycles. The summed E-state index contributed by atoms with van der Waals surface area (Å²) in [5.41, 5.74) is 1.53. The number of hydrogen-bond donors (Lipinski definition) is 1. The van der Waals surface area contributed by atoms with E-state index in [0.717, 1.165) is 35.8 Å². The molecule has 6 nitrogen and oxygen atoms in total. The zero-order chi connectivity index (χ0) is 19.1. The van der Waals surface area contributed by atoms with E-state index in [4.69, 9.17) is 5.11 Å². The number of imidazole rings is 1. The van der Waals surface area contributed by atoms with E-state index in [9.17, 15) is 14.0 Å². The molecule has 1 aliphatic rings. The first-order chi connectivity index (χ1) is 13.0. The lowest BCUT2D eigenvalue weighted by atomic mass is 10.1. The van der Waals surface area contributed by atoms with Crippen LogP contribution in [0.4, 0.5) is 4.39 Å². The number of aromatic carboxylic acids is 1. The van der Waals surface area contributed by atoms with E-state index >= 15 is 0 Å². The topological polar surface area (TPSA) is 75.4 Å². The number of nitrogens with zero attached hydrogens (tertiary/aromatic N) is 3. The maximum absolute atomic E-state index is 14.4. The third-order valence-electron chi connectivity index (χ3n) is 5.08. The smallest absolute Gasteiger partial charge is 0.335 e. The molecule has 1 amide bonds. The van der Waals surface area contributed by atoms with Crippen molar-refractivity contribution in [2.24, 2.45) is 7.05 Å². The van der Waals surface area contributed by atoms with Crippen LogP contribution in [0, 0.1) is 5.82 Å². The van der Waals surface area contributed by atoms with E-state index in [2.05, 4.69) is 4.98 Å². The third kappa shape index (κ3) is 2.85. The molecule has 1 N–H and O–H groups in total. The molecule has 1 unspecified atom stereocenters. The van der Waals surface area contributed by atoms with Crippen LogP contribution in [0.25, 0.3) is 11.0 Å². The Morgan fingerprint density at radius 2 is 2.00 bits per heavy atom. The van der Waals surface area contributed by atoms with Crippen molar-refractivity contribution in [2.45, 2.75) is 18.9 Å². The number of carboxylic acid groups (broad SMARTS) is 1. The molecule has 138 valence electrons. The summed E-state index contributed by atoms with van der Waals surface area (Å²) in [5, 5.41) is 8.97. The average molecular weight is 367 g/mol. The van der Waals surface area contributed by atoms with Crippen LogP contribution in [0.3, 0.4) is 0 Å². The van der Waals surface area contributed by atoms with E-state index in [0.29, 0.717) is 6.54 Å². The van der Waals surface area contributed by atoms with Crippen molar-refractivity contribution in [3.63, 3.8) is 0 Å². The van der Waals surface area contributed by atoms with Gasteiger partial charge >= 0.3 is 5.97 Å². The van der Waals surface area contributed by atoms with Crippen LogP contribution >= 0.6 is 0 Å². The normalized spacial score (nSPS) is 16.8. The highest BCUT2D eigenvalue weighted by Crippen LogP contribution is 2.34. The van der Waals surface area contributed by atoms with E-state index in [1.807, 2.05) is 35.9 Å². The number of likely N-dealkylation sites (tertiary alicyclic amines) is 1. The number of aromatic nitrogens is 2. The molecule has 1 fully saturated rings. The molecule has 0 aliphatic carbocycles. The second kappa shape index (κ2) is 6.50. The second-order valence-corrected chi connectivity index (χ2v) is 6.67. The van der Waals surface area contributed by atoms with Crippen LogP contribution in [0.5, 0.6) is 0 Å². The van der Waals surface area contributed by atoms with Gasteiger partial charge in [0, 0.05) is 13.6 Å². The van der Waals surface area contributed by atoms with Crippen molar-refractivity contribution in [1.82, 2.24) is 14.5 Å². The number of carbonyl (C=O) groups is 2. The van der Waals surface area contributed by atoms with E-state index in [-0.39, 0.29) is 17.2 Å². The van der Waals surface area contributed by atoms with Gasteiger partial charge in [-0.2, -0.15) is 0 Å². The van der Waals surface area contributed by atoms with Gasteiger partial charge in [-0.3, -0.25) is 4.79 Å². The third-order valence-corrected chi connectivity index (χ3v) is 5.08. The molecule has 0 bridgehead atoms. The van der Waals surface area contributed by atoms with Gasteiger partial charge in [0.15, 0.2) is 0 Å².